The predicted molar refractivity (Wildman–Crippen MR) is 83.8 cm³/mol. The van der Waals surface area contributed by atoms with Crippen molar-refractivity contribution in [3.8, 4) is 5.69 Å². The van der Waals surface area contributed by atoms with Gasteiger partial charge in [0.1, 0.15) is 4.83 Å². The van der Waals surface area contributed by atoms with Crippen LogP contribution >= 0.6 is 11.3 Å². The SMILES string of the molecule is O=c1c2c3c(sc2n2nnnc2n1-c1ccccc1)CCC3. The predicted octanol–water partition coefficient (Wildman–Crippen LogP) is 1.98. The van der Waals surface area contributed by atoms with Gasteiger partial charge in [0.05, 0.1) is 11.1 Å². The Morgan fingerprint density at radius 3 is 2.86 bits per heavy atom. The molecule has 1 aromatic carbocycles. The lowest BCUT2D eigenvalue weighted by Crippen LogP contribution is -2.21. The number of thiophene rings is 1. The summed E-state index contributed by atoms with van der Waals surface area (Å²) in [7, 11) is 0. The van der Waals surface area contributed by atoms with E-state index in [4.69, 9.17) is 0 Å². The zero-order valence-corrected chi connectivity index (χ0v) is 12.4. The van der Waals surface area contributed by atoms with Crippen LogP contribution in [0.5, 0.6) is 0 Å². The van der Waals surface area contributed by atoms with Crippen molar-refractivity contribution in [1.82, 2.24) is 24.6 Å². The summed E-state index contributed by atoms with van der Waals surface area (Å²) in [6, 6.07) is 9.53. The molecule has 1 aliphatic rings. The molecular formula is C15H11N5OS. The van der Waals surface area contributed by atoms with Gasteiger partial charge in [0.25, 0.3) is 11.3 Å². The van der Waals surface area contributed by atoms with Crippen LogP contribution in [0.2, 0.25) is 0 Å². The van der Waals surface area contributed by atoms with E-state index >= 15 is 0 Å². The van der Waals surface area contributed by atoms with Gasteiger partial charge in [-0.05, 0) is 47.4 Å². The summed E-state index contributed by atoms with van der Waals surface area (Å²) in [5.74, 6) is 0.462. The Morgan fingerprint density at radius 2 is 2.00 bits per heavy atom. The fourth-order valence-corrected chi connectivity index (χ4v) is 4.55. The van der Waals surface area contributed by atoms with Crippen molar-refractivity contribution in [2.75, 3.05) is 0 Å². The minimum atomic E-state index is -0.0251. The normalized spacial score (nSPS) is 14.0. The first-order chi connectivity index (χ1) is 10.8. The lowest BCUT2D eigenvalue weighted by molar-refractivity contribution is 0.839. The Balaban J connectivity index is 2.02. The van der Waals surface area contributed by atoms with E-state index in [1.165, 1.54) is 10.4 Å². The van der Waals surface area contributed by atoms with Crippen molar-refractivity contribution in [2.45, 2.75) is 19.3 Å². The quantitative estimate of drug-likeness (QED) is 0.539. The summed E-state index contributed by atoms with van der Waals surface area (Å²) in [4.78, 5) is 15.3. The van der Waals surface area contributed by atoms with E-state index in [-0.39, 0.29) is 5.56 Å². The van der Waals surface area contributed by atoms with Gasteiger partial charge in [-0.3, -0.25) is 4.79 Å². The van der Waals surface area contributed by atoms with Crippen molar-refractivity contribution in [3.63, 3.8) is 0 Å². The third-order valence-electron chi connectivity index (χ3n) is 4.18. The number of fused-ring (bicyclic) bond motifs is 5. The molecule has 5 rings (SSSR count). The molecule has 0 radical (unpaired) electrons. The molecule has 0 bridgehead atoms. The molecule has 0 atom stereocenters. The van der Waals surface area contributed by atoms with E-state index in [2.05, 4.69) is 15.5 Å². The molecule has 1 aliphatic carbocycles. The summed E-state index contributed by atoms with van der Waals surface area (Å²) in [6.07, 6.45) is 3.13. The number of aromatic nitrogens is 5. The summed E-state index contributed by atoms with van der Waals surface area (Å²) >= 11 is 1.65. The van der Waals surface area contributed by atoms with Gasteiger partial charge >= 0.3 is 0 Å². The first kappa shape index (κ1) is 12.0. The second kappa shape index (κ2) is 4.23. The average Bonchev–Trinajstić information content (AvgIpc) is 3.22. The third-order valence-corrected chi connectivity index (χ3v) is 5.45. The maximum Gasteiger partial charge on any atom is 0.268 e. The summed E-state index contributed by atoms with van der Waals surface area (Å²) in [6.45, 7) is 0. The van der Waals surface area contributed by atoms with Crippen LogP contribution < -0.4 is 5.56 Å². The van der Waals surface area contributed by atoms with Gasteiger partial charge in [-0.1, -0.05) is 23.3 Å². The monoisotopic (exact) mass is 309 g/mol. The summed E-state index contributed by atoms with van der Waals surface area (Å²) in [5.41, 5.74) is 1.95. The average molecular weight is 309 g/mol. The summed E-state index contributed by atoms with van der Waals surface area (Å²) < 4.78 is 3.29. The van der Waals surface area contributed by atoms with E-state index < -0.39 is 0 Å². The Kier molecular flexibility index (Phi) is 2.32. The molecule has 0 spiro atoms. The molecule has 3 aromatic heterocycles. The van der Waals surface area contributed by atoms with Crippen LogP contribution in [0.4, 0.5) is 0 Å². The van der Waals surface area contributed by atoms with Crippen molar-refractivity contribution < 1.29 is 0 Å². The molecule has 0 amide bonds. The molecule has 0 unspecified atom stereocenters. The van der Waals surface area contributed by atoms with Crippen LogP contribution in [0.25, 0.3) is 21.7 Å². The second-order valence-corrected chi connectivity index (χ2v) is 6.49. The molecule has 3 heterocycles. The van der Waals surface area contributed by atoms with Crippen molar-refractivity contribution in [2.24, 2.45) is 0 Å². The molecule has 0 saturated heterocycles. The van der Waals surface area contributed by atoms with E-state index in [9.17, 15) is 4.79 Å². The minimum Gasteiger partial charge on any atom is -0.268 e. The number of nitrogens with zero attached hydrogens (tertiary/aromatic N) is 5. The molecule has 4 aromatic rings. The van der Waals surface area contributed by atoms with Gasteiger partial charge in [-0.15, -0.1) is 11.3 Å². The zero-order chi connectivity index (χ0) is 14.7. The third kappa shape index (κ3) is 1.43. The molecule has 22 heavy (non-hydrogen) atoms. The number of rotatable bonds is 1. The highest BCUT2D eigenvalue weighted by molar-refractivity contribution is 7.19. The summed E-state index contributed by atoms with van der Waals surface area (Å²) in [5, 5.41) is 12.7. The molecule has 0 saturated carbocycles. The number of tetrazole rings is 1. The van der Waals surface area contributed by atoms with Crippen molar-refractivity contribution >= 4 is 27.3 Å². The highest BCUT2D eigenvalue weighted by atomic mass is 32.1. The second-order valence-electron chi connectivity index (χ2n) is 5.40. The fourth-order valence-electron chi connectivity index (χ4n) is 3.23. The molecule has 0 fully saturated rings. The maximum absolute atomic E-state index is 13.1. The molecular weight excluding hydrogens is 298 g/mol. The van der Waals surface area contributed by atoms with Crippen LogP contribution in [0.1, 0.15) is 16.9 Å². The smallest absolute Gasteiger partial charge is 0.268 e. The van der Waals surface area contributed by atoms with Crippen LogP contribution in [0, 0.1) is 0 Å². The molecule has 6 nitrogen and oxygen atoms in total. The standard InChI is InChI=1S/C15H11N5OS/c21-13-12-10-7-4-8-11(10)22-14(12)20-15(16-17-18-20)19(13)9-5-2-1-3-6-9/h1-3,5-6H,4,7-8H2. The van der Waals surface area contributed by atoms with Gasteiger partial charge < -0.3 is 0 Å². The Bertz CT molecular complexity index is 1080. The number of hydrogen-bond acceptors (Lipinski definition) is 5. The molecule has 0 aliphatic heterocycles. The first-order valence-corrected chi connectivity index (χ1v) is 7.99. The van der Waals surface area contributed by atoms with Gasteiger partial charge in [0.15, 0.2) is 0 Å². The zero-order valence-electron chi connectivity index (χ0n) is 11.6. The van der Waals surface area contributed by atoms with E-state index in [0.717, 1.165) is 35.2 Å². The highest BCUT2D eigenvalue weighted by Crippen LogP contribution is 2.35. The minimum absolute atomic E-state index is 0.0251. The van der Waals surface area contributed by atoms with Crippen LogP contribution in [-0.4, -0.2) is 24.6 Å². The molecule has 108 valence electrons. The van der Waals surface area contributed by atoms with Gasteiger partial charge in [0.2, 0.25) is 0 Å². The number of para-hydroxylation sites is 1. The van der Waals surface area contributed by atoms with Gasteiger partial charge in [-0.2, -0.15) is 4.52 Å². The fraction of sp³-hybridized carbons (Fsp3) is 0.200. The van der Waals surface area contributed by atoms with Gasteiger partial charge in [-0.25, -0.2) is 4.57 Å². The highest BCUT2D eigenvalue weighted by Gasteiger charge is 2.24. The van der Waals surface area contributed by atoms with Crippen LogP contribution in [0.15, 0.2) is 35.1 Å². The largest absolute Gasteiger partial charge is 0.268 e. The first-order valence-electron chi connectivity index (χ1n) is 7.17. The van der Waals surface area contributed by atoms with Crippen molar-refractivity contribution in [3.05, 3.63) is 51.1 Å². The lowest BCUT2D eigenvalue weighted by atomic mass is 10.2. The topological polar surface area (TPSA) is 65.1 Å². The molecule has 0 N–H and O–H groups in total. The Morgan fingerprint density at radius 1 is 1.14 bits per heavy atom. The van der Waals surface area contributed by atoms with Crippen LogP contribution in [-0.2, 0) is 12.8 Å². The Hall–Kier alpha value is -2.54. The van der Waals surface area contributed by atoms with Crippen molar-refractivity contribution in [1.29, 1.82) is 0 Å². The van der Waals surface area contributed by atoms with Gasteiger partial charge in [0, 0.05) is 4.88 Å². The lowest BCUT2D eigenvalue weighted by Gasteiger charge is -2.07. The maximum atomic E-state index is 13.1. The van der Waals surface area contributed by atoms with Crippen LogP contribution in [0.3, 0.4) is 0 Å². The van der Waals surface area contributed by atoms with E-state index in [1.54, 1.807) is 20.4 Å². The number of benzene rings is 1. The Labute approximate surface area is 128 Å². The number of hydrogen-bond donors (Lipinski definition) is 0. The number of aryl methyl sites for hydroxylation is 2. The van der Waals surface area contributed by atoms with E-state index in [1.807, 2.05) is 30.3 Å². The van der Waals surface area contributed by atoms with E-state index in [0.29, 0.717) is 5.78 Å². The molecule has 7 heteroatoms.